The standard InChI is InChI=1S/C29H29F6N5O3/c1-28(2,43)13-8-18(31)23(19(32)9-13)25-17(30)4-5-20(38-25)27(42)39-21-10-37-24-16(3-6-22(24)41)26(21)40-11-14(29(33,34)35)7-15(36)12-40/h4-5,8-10,14-15,22,41,43H,3,6-7,11-12,36H2,1-2H3,(H,39,42)/t14-,15?,22?/m1/s1. The van der Waals surface area contributed by atoms with E-state index in [1.165, 1.54) is 24.9 Å². The summed E-state index contributed by atoms with van der Waals surface area (Å²) in [6, 6.07) is 2.63. The summed E-state index contributed by atoms with van der Waals surface area (Å²) in [6.07, 6.45) is -3.97. The first kappa shape index (κ1) is 30.7. The number of aromatic nitrogens is 2. The Kier molecular flexibility index (Phi) is 7.90. The molecule has 0 radical (unpaired) electrons. The molecule has 1 amide bonds. The Balaban J connectivity index is 1.52. The molecule has 1 aliphatic carbocycles. The zero-order valence-corrected chi connectivity index (χ0v) is 23.1. The Morgan fingerprint density at radius 3 is 2.40 bits per heavy atom. The zero-order valence-electron chi connectivity index (χ0n) is 23.1. The minimum Gasteiger partial charge on any atom is -0.387 e. The highest BCUT2D eigenvalue weighted by Crippen LogP contribution is 2.43. The van der Waals surface area contributed by atoms with Crippen LogP contribution >= 0.6 is 0 Å². The van der Waals surface area contributed by atoms with Gasteiger partial charge in [0.15, 0.2) is 0 Å². The van der Waals surface area contributed by atoms with Crippen LogP contribution in [0.15, 0.2) is 30.5 Å². The van der Waals surface area contributed by atoms with Crippen LogP contribution in [-0.2, 0) is 12.0 Å². The number of carbonyl (C=O) groups excluding carboxylic acids is 1. The zero-order chi connectivity index (χ0) is 31.4. The number of nitrogens with two attached hydrogens (primary N) is 1. The molecular formula is C29H29F6N5O3. The maximum atomic E-state index is 15.0. The minimum atomic E-state index is -4.51. The highest BCUT2D eigenvalue weighted by molar-refractivity contribution is 6.05. The molecule has 3 aromatic rings. The first-order valence-corrected chi connectivity index (χ1v) is 13.5. The number of carbonyl (C=O) groups is 1. The molecule has 1 aromatic carbocycles. The average Bonchev–Trinajstić information content (AvgIpc) is 3.28. The lowest BCUT2D eigenvalue weighted by Crippen LogP contribution is -2.51. The predicted octanol–water partition coefficient (Wildman–Crippen LogP) is 4.74. The second-order valence-electron chi connectivity index (χ2n) is 11.4. The van der Waals surface area contributed by atoms with Crippen LogP contribution in [0.25, 0.3) is 11.3 Å². The summed E-state index contributed by atoms with van der Waals surface area (Å²) < 4.78 is 85.9. The number of hydrogen-bond donors (Lipinski definition) is 4. The predicted molar refractivity (Wildman–Crippen MR) is 145 cm³/mol. The van der Waals surface area contributed by atoms with Crippen molar-refractivity contribution in [2.45, 2.75) is 57.0 Å². The van der Waals surface area contributed by atoms with Crippen LogP contribution in [0, 0.1) is 23.4 Å². The van der Waals surface area contributed by atoms with Crippen molar-refractivity contribution in [3.8, 4) is 11.3 Å². The van der Waals surface area contributed by atoms with E-state index in [4.69, 9.17) is 5.73 Å². The first-order chi connectivity index (χ1) is 20.0. The third-order valence-electron chi connectivity index (χ3n) is 7.74. The smallest absolute Gasteiger partial charge is 0.387 e. The maximum absolute atomic E-state index is 15.0. The molecule has 5 N–H and O–H groups in total. The molecule has 5 rings (SSSR count). The Morgan fingerprint density at radius 1 is 1.09 bits per heavy atom. The topological polar surface area (TPSA) is 125 Å². The molecule has 14 heteroatoms. The van der Waals surface area contributed by atoms with Gasteiger partial charge in [0, 0.05) is 24.7 Å². The van der Waals surface area contributed by atoms with Crippen LogP contribution in [0.1, 0.15) is 60.1 Å². The number of rotatable bonds is 5. The number of amides is 1. The van der Waals surface area contributed by atoms with Crippen LogP contribution in [0.4, 0.5) is 37.7 Å². The van der Waals surface area contributed by atoms with Gasteiger partial charge in [0.25, 0.3) is 5.91 Å². The van der Waals surface area contributed by atoms with E-state index in [9.17, 15) is 41.4 Å². The van der Waals surface area contributed by atoms with Gasteiger partial charge in [-0.25, -0.2) is 18.2 Å². The average molecular weight is 610 g/mol. The van der Waals surface area contributed by atoms with E-state index in [0.29, 0.717) is 5.56 Å². The van der Waals surface area contributed by atoms with Gasteiger partial charge in [-0.3, -0.25) is 9.78 Å². The van der Waals surface area contributed by atoms with Crippen LogP contribution in [0.3, 0.4) is 0 Å². The largest absolute Gasteiger partial charge is 0.393 e. The summed E-state index contributed by atoms with van der Waals surface area (Å²) in [7, 11) is 0. The van der Waals surface area contributed by atoms with Crippen LogP contribution in [0.5, 0.6) is 0 Å². The van der Waals surface area contributed by atoms with Gasteiger partial charge in [-0.2, -0.15) is 13.2 Å². The van der Waals surface area contributed by atoms with Crippen molar-refractivity contribution >= 4 is 17.3 Å². The number of anilines is 2. The third-order valence-corrected chi connectivity index (χ3v) is 7.74. The molecule has 2 aromatic heterocycles. The Morgan fingerprint density at radius 2 is 1.77 bits per heavy atom. The summed E-state index contributed by atoms with van der Waals surface area (Å²) in [4.78, 5) is 22.8. The number of piperidine rings is 1. The fraction of sp³-hybridized carbons (Fsp3) is 0.414. The lowest BCUT2D eigenvalue weighted by molar-refractivity contribution is -0.177. The Bertz CT molecular complexity index is 1550. The maximum Gasteiger partial charge on any atom is 0.393 e. The van der Waals surface area contributed by atoms with Gasteiger partial charge in [0.2, 0.25) is 0 Å². The molecule has 8 nitrogen and oxygen atoms in total. The third kappa shape index (κ3) is 6.04. The van der Waals surface area contributed by atoms with E-state index in [1.54, 1.807) is 0 Å². The van der Waals surface area contributed by atoms with Gasteiger partial charge < -0.3 is 26.2 Å². The van der Waals surface area contributed by atoms with E-state index in [2.05, 4.69) is 15.3 Å². The van der Waals surface area contributed by atoms with Crippen LogP contribution < -0.4 is 16.0 Å². The summed E-state index contributed by atoms with van der Waals surface area (Å²) >= 11 is 0. The van der Waals surface area contributed by atoms with Crippen LogP contribution in [0.2, 0.25) is 0 Å². The monoisotopic (exact) mass is 609 g/mol. The molecule has 1 aliphatic heterocycles. The fourth-order valence-corrected chi connectivity index (χ4v) is 5.60. The molecule has 0 bridgehead atoms. The second-order valence-corrected chi connectivity index (χ2v) is 11.4. The van der Waals surface area contributed by atoms with Gasteiger partial charge >= 0.3 is 6.18 Å². The molecule has 2 unspecified atom stereocenters. The molecule has 230 valence electrons. The molecule has 1 fully saturated rings. The van der Waals surface area contributed by atoms with E-state index in [1.807, 2.05) is 0 Å². The first-order valence-electron chi connectivity index (χ1n) is 13.5. The molecule has 1 saturated heterocycles. The molecule has 43 heavy (non-hydrogen) atoms. The van der Waals surface area contributed by atoms with E-state index in [-0.39, 0.29) is 48.4 Å². The number of aliphatic hydroxyl groups is 2. The van der Waals surface area contributed by atoms with Crippen LogP contribution in [-0.4, -0.2) is 51.4 Å². The van der Waals surface area contributed by atoms with Gasteiger partial charge in [0.05, 0.1) is 46.5 Å². The second kappa shape index (κ2) is 11.1. The fourth-order valence-electron chi connectivity index (χ4n) is 5.60. The highest BCUT2D eigenvalue weighted by Gasteiger charge is 2.45. The molecule has 3 atom stereocenters. The van der Waals surface area contributed by atoms with Gasteiger partial charge in [-0.15, -0.1) is 0 Å². The van der Waals surface area contributed by atoms with Crippen molar-refractivity contribution in [2.24, 2.45) is 11.7 Å². The van der Waals surface area contributed by atoms with E-state index in [0.717, 1.165) is 24.3 Å². The minimum absolute atomic E-state index is 0.00689. The van der Waals surface area contributed by atoms with Gasteiger partial charge in [-0.05, 0) is 62.9 Å². The molecule has 3 heterocycles. The number of pyridine rings is 2. The number of aliphatic hydroxyl groups excluding tert-OH is 1. The number of fused-ring (bicyclic) bond motifs is 1. The number of hydrogen-bond acceptors (Lipinski definition) is 7. The van der Waals surface area contributed by atoms with Crippen molar-refractivity contribution in [3.63, 3.8) is 0 Å². The molecule has 2 aliphatic rings. The lowest BCUT2D eigenvalue weighted by atomic mass is 9.93. The molecular weight excluding hydrogens is 580 g/mol. The summed E-state index contributed by atoms with van der Waals surface area (Å²) in [5.74, 6) is -6.25. The summed E-state index contributed by atoms with van der Waals surface area (Å²) in [6.45, 7) is 2.23. The van der Waals surface area contributed by atoms with Crippen molar-refractivity contribution < 1.29 is 41.4 Å². The number of nitrogens with zero attached hydrogens (tertiary/aromatic N) is 3. The quantitative estimate of drug-likeness (QED) is 0.308. The van der Waals surface area contributed by atoms with Crippen molar-refractivity contribution in [1.82, 2.24) is 9.97 Å². The lowest BCUT2D eigenvalue weighted by Gasteiger charge is -2.40. The number of alkyl halides is 3. The Hall–Kier alpha value is -3.75. The number of nitrogens with one attached hydrogen (secondary N) is 1. The van der Waals surface area contributed by atoms with Gasteiger partial charge in [-0.1, -0.05) is 0 Å². The highest BCUT2D eigenvalue weighted by atomic mass is 19.4. The van der Waals surface area contributed by atoms with E-state index < -0.39 is 76.7 Å². The SMILES string of the molecule is CC(C)(O)c1cc(F)c(-c2nc(C(=O)Nc3cnc4c(c3N3CC(N)C[C@@H](C(F)(F)F)C3)CCC4O)ccc2F)c(F)c1. The normalized spacial score (nSPS) is 20.7. The number of benzene rings is 1. The molecule has 0 saturated carbocycles. The van der Waals surface area contributed by atoms with Crippen molar-refractivity contribution in [1.29, 1.82) is 0 Å². The Labute approximate surface area is 242 Å². The summed E-state index contributed by atoms with van der Waals surface area (Å²) in [5.41, 5.74) is 3.17. The van der Waals surface area contributed by atoms with Crippen molar-refractivity contribution in [2.75, 3.05) is 23.3 Å². The molecule has 0 spiro atoms. The number of halogens is 6. The summed E-state index contributed by atoms with van der Waals surface area (Å²) in [5, 5.41) is 23.0. The van der Waals surface area contributed by atoms with Crippen molar-refractivity contribution in [3.05, 3.63) is 70.4 Å². The van der Waals surface area contributed by atoms with E-state index >= 15 is 0 Å². The van der Waals surface area contributed by atoms with Gasteiger partial charge in [0.1, 0.15) is 28.8 Å².